The molecule has 1 atom stereocenters. The molecule has 1 N–H and O–H groups in total. The lowest BCUT2D eigenvalue weighted by Gasteiger charge is -2.12. The van der Waals surface area contributed by atoms with Crippen molar-refractivity contribution in [1.29, 1.82) is 0 Å². The van der Waals surface area contributed by atoms with Gasteiger partial charge in [0.15, 0.2) is 0 Å². The maximum Gasteiger partial charge on any atom is 0.221 e. The highest BCUT2D eigenvalue weighted by molar-refractivity contribution is 5.68. The minimum atomic E-state index is -0.380. The van der Waals surface area contributed by atoms with E-state index in [-0.39, 0.29) is 6.10 Å². The Morgan fingerprint density at radius 3 is 2.80 bits per heavy atom. The van der Waals surface area contributed by atoms with Gasteiger partial charge in [-0.15, -0.1) is 0 Å². The molecule has 5 heteroatoms. The van der Waals surface area contributed by atoms with Crippen molar-refractivity contribution >= 4 is 5.57 Å². The molecule has 1 aromatic carbocycles. The first-order valence-corrected chi connectivity index (χ1v) is 8.54. The average Bonchev–Trinajstić information content (AvgIpc) is 3.28. The molecule has 1 aliphatic heterocycles. The molecule has 0 radical (unpaired) electrons. The second-order valence-electron chi connectivity index (χ2n) is 6.32. The summed E-state index contributed by atoms with van der Waals surface area (Å²) in [5, 5.41) is 9.74. The van der Waals surface area contributed by atoms with E-state index in [2.05, 4.69) is 0 Å². The van der Waals surface area contributed by atoms with Crippen molar-refractivity contribution in [2.45, 2.75) is 32.0 Å². The van der Waals surface area contributed by atoms with E-state index >= 15 is 0 Å². The van der Waals surface area contributed by atoms with E-state index in [9.17, 15) is 5.11 Å². The maximum absolute atomic E-state index is 9.74. The second kappa shape index (κ2) is 6.76. The van der Waals surface area contributed by atoms with Gasteiger partial charge in [-0.2, -0.15) is 0 Å². The Kier molecular flexibility index (Phi) is 4.32. The number of pyridine rings is 1. The van der Waals surface area contributed by atoms with Crippen LogP contribution in [-0.2, 0) is 13.0 Å². The Hall–Kier alpha value is -2.53. The summed E-state index contributed by atoms with van der Waals surface area (Å²) in [5.41, 5.74) is 3.97. The predicted molar refractivity (Wildman–Crippen MR) is 94.0 cm³/mol. The van der Waals surface area contributed by atoms with Crippen LogP contribution in [0.25, 0.3) is 5.57 Å². The number of ether oxygens (including phenoxy) is 3. The third-order valence-electron chi connectivity index (χ3n) is 4.62. The summed E-state index contributed by atoms with van der Waals surface area (Å²) in [6.07, 6.45) is 3.87. The number of aliphatic hydroxyl groups excluding tert-OH is 1. The molecule has 2 aromatic rings. The number of aliphatic hydroxyl groups is 1. The molecule has 0 amide bonds. The third-order valence-corrected chi connectivity index (χ3v) is 4.62. The van der Waals surface area contributed by atoms with Crippen LogP contribution in [0.1, 0.15) is 29.7 Å². The number of aromatic nitrogens is 1. The smallest absolute Gasteiger partial charge is 0.221 e. The van der Waals surface area contributed by atoms with Crippen molar-refractivity contribution in [3.8, 4) is 17.4 Å². The number of methoxy groups -OCH3 is 1. The van der Waals surface area contributed by atoms with Gasteiger partial charge in [0.2, 0.25) is 5.88 Å². The van der Waals surface area contributed by atoms with Crippen molar-refractivity contribution in [3.63, 3.8) is 0 Å². The van der Waals surface area contributed by atoms with E-state index < -0.39 is 0 Å². The van der Waals surface area contributed by atoms with Crippen molar-refractivity contribution < 1.29 is 19.3 Å². The van der Waals surface area contributed by atoms with Crippen molar-refractivity contribution in [2.24, 2.45) is 0 Å². The molecule has 0 saturated heterocycles. The van der Waals surface area contributed by atoms with Crippen LogP contribution >= 0.6 is 0 Å². The Morgan fingerprint density at radius 2 is 2.08 bits per heavy atom. The number of allylic oxidation sites excluding steroid dienone is 1. The van der Waals surface area contributed by atoms with Gasteiger partial charge < -0.3 is 19.3 Å². The molecule has 0 fully saturated rings. The molecule has 0 bridgehead atoms. The topological polar surface area (TPSA) is 60.8 Å². The molecule has 1 aromatic heterocycles. The van der Waals surface area contributed by atoms with E-state index in [0.29, 0.717) is 19.1 Å². The summed E-state index contributed by atoms with van der Waals surface area (Å²) >= 11 is 0. The SMILES string of the molecule is COc1ccc(COc2nc(C3=CC(O)CC3)cc3c2CCO3)cc1. The Morgan fingerprint density at radius 1 is 1.24 bits per heavy atom. The normalized spacial score (nSPS) is 18.5. The van der Waals surface area contributed by atoms with Gasteiger partial charge in [-0.05, 0) is 36.1 Å². The highest BCUT2D eigenvalue weighted by Crippen LogP contribution is 2.37. The molecule has 2 aliphatic rings. The number of hydrogen-bond acceptors (Lipinski definition) is 5. The molecule has 0 spiro atoms. The van der Waals surface area contributed by atoms with Crippen molar-refractivity contribution in [2.75, 3.05) is 13.7 Å². The first-order valence-electron chi connectivity index (χ1n) is 8.54. The number of fused-ring (bicyclic) bond motifs is 1. The minimum absolute atomic E-state index is 0.380. The van der Waals surface area contributed by atoms with Gasteiger partial charge in [0.05, 0.1) is 31.1 Å². The summed E-state index contributed by atoms with van der Waals surface area (Å²) < 4.78 is 16.9. The van der Waals surface area contributed by atoms with Crippen molar-refractivity contribution in [3.05, 3.63) is 53.2 Å². The molecular formula is C20H21NO4. The van der Waals surface area contributed by atoms with Gasteiger partial charge in [-0.1, -0.05) is 18.2 Å². The molecule has 1 unspecified atom stereocenters. The van der Waals surface area contributed by atoms with Gasteiger partial charge in [-0.3, -0.25) is 0 Å². The summed E-state index contributed by atoms with van der Waals surface area (Å²) in [6.45, 7) is 1.09. The minimum Gasteiger partial charge on any atom is -0.497 e. The van der Waals surface area contributed by atoms with Crippen LogP contribution in [0, 0.1) is 0 Å². The molecule has 5 nitrogen and oxygen atoms in total. The Bertz CT molecular complexity index is 798. The zero-order valence-electron chi connectivity index (χ0n) is 14.2. The first-order chi connectivity index (χ1) is 12.2. The van der Waals surface area contributed by atoms with Crippen LogP contribution < -0.4 is 14.2 Å². The number of benzene rings is 1. The number of hydrogen-bond donors (Lipinski definition) is 1. The highest BCUT2D eigenvalue weighted by atomic mass is 16.5. The van der Waals surface area contributed by atoms with E-state index in [1.807, 2.05) is 36.4 Å². The van der Waals surface area contributed by atoms with Crippen LogP contribution in [0.5, 0.6) is 17.4 Å². The van der Waals surface area contributed by atoms with Gasteiger partial charge >= 0.3 is 0 Å². The van der Waals surface area contributed by atoms with Gasteiger partial charge in [0.25, 0.3) is 0 Å². The lowest BCUT2D eigenvalue weighted by Crippen LogP contribution is -2.02. The monoisotopic (exact) mass is 339 g/mol. The lowest BCUT2D eigenvalue weighted by molar-refractivity contribution is 0.223. The summed E-state index contributed by atoms with van der Waals surface area (Å²) in [6, 6.07) is 9.76. The first kappa shape index (κ1) is 16.0. The fourth-order valence-corrected chi connectivity index (χ4v) is 3.22. The highest BCUT2D eigenvalue weighted by Gasteiger charge is 2.23. The van der Waals surface area contributed by atoms with Gasteiger partial charge in [-0.25, -0.2) is 4.98 Å². The van der Waals surface area contributed by atoms with E-state index in [1.165, 1.54) is 0 Å². The molecule has 4 rings (SSSR count). The quantitative estimate of drug-likeness (QED) is 0.907. The van der Waals surface area contributed by atoms with Crippen molar-refractivity contribution in [1.82, 2.24) is 4.98 Å². The van der Waals surface area contributed by atoms with E-state index in [1.54, 1.807) is 7.11 Å². The van der Waals surface area contributed by atoms with Crippen LogP contribution in [0.3, 0.4) is 0 Å². The molecule has 130 valence electrons. The fourth-order valence-electron chi connectivity index (χ4n) is 3.22. The van der Waals surface area contributed by atoms with Crippen LogP contribution in [0.2, 0.25) is 0 Å². The van der Waals surface area contributed by atoms with Crippen LogP contribution in [-0.4, -0.2) is 29.9 Å². The summed E-state index contributed by atoms with van der Waals surface area (Å²) in [4.78, 5) is 4.70. The largest absolute Gasteiger partial charge is 0.497 e. The number of nitrogens with zero attached hydrogens (tertiary/aromatic N) is 1. The Labute approximate surface area is 146 Å². The lowest BCUT2D eigenvalue weighted by atomic mass is 10.1. The standard InChI is InChI=1S/C20H21NO4/c1-23-16-6-2-13(3-7-16)12-25-20-17-8-9-24-19(17)11-18(21-20)14-4-5-15(22)10-14/h2-3,6-7,10-11,15,22H,4-5,8-9,12H2,1H3. The Balaban J connectivity index is 1.57. The summed E-state index contributed by atoms with van der Waals surface area (Å²) in [5.74, 6) is 2.30. The summed E-state index contributed by atoms with van der Waals surface area (Å²) in [7, 11) is 1.65. The predicted octanol–water partition coefficient (Wildman–Crippen LogP) is 3.14. The molecule has 2 heterocycles. The fraction of sp³-hybridized carbons (Fsp3) is 0.350. The van der Waals surface area contributed by atoms with E-state index in [4.69, 9.17) is 19.2 Å². The molecule has 25 heavy (non-hydrogen) atoms. The molecule has 0 saturated carbocycles. The van der Waals surface area contributed by atoms with E-state index in [0.717, 1.165) is 53.2 Å². The molecular weight excluding hydrogens is 318 g/mol. The van der Waals surface area contributed by atoms with Crippen LogP contribution in [0.4, 0.5) is 0 Å². The second-order valence-corrected chi connectivity index (χ2v) is 6.32. The van der Waals surface area contributed by atoms with Gasteiger partial charge in [0, 0.05) is 12.5 Å². The molecule has 1 aliphatic carbocycles. The average molecular weight is 339 g/mol. The van der Waals surface area contributed by atoms with Gasteiger partial charge in [0.1, 0.15) is 18.1 Å². The maximum atomic E-state index is 9.74. The van der Waals surface area contributed by atoms with Crippen LogP contribution in [0.15, 0.2) is 36.4 Å². The zero-order valence-corrected chi connectivity index (χ0v) is 14.2. The third kappa shape index (κ3) is 3.33. The zero-order chi connectivity index (χ0) is 17.2. The number of rotatable bonds is 5.